The van der Waals surface area contributed by atoms with E-state index in [9.17, 15) is 55.2 Å². The summed E-state index contributed by atoms with van der Waals surface area (Å²) in [5.41, 5.74) is 0. The normalized spacial score (nSPS) is 39.3. The molecule has 16 heteroatoms. The number of aliphatic carboxylic acids is 1. The zero-order chi connectivity index (χ0) is 26.7. The molecule has 16 nitrogen and oxygen atoms in total. The number of aliphatic hydroxyl groups is 7. The highest BCUT2D eigenvalue weighted by atomic mass is 16.7. The molecule has 0 aromatic heterocycles. The Morgan fingerprint density at radius 2 is 1.63 bits per heavy atom. The molecule has 2 aliphatic heterocycles. The van der Waals surface area contributed by atoms with Gasteiger partial charge in [-0.15, -0.1) is 0 Å². The van der Waals surface area contributed by atoms with E-state index in [0.717, 1.165) is 13.8 Å². The van der Waals surface area contributed by atoms with Crippen LogP contribution in [0.2, 0.25) is 0 Å². The first-order chi connectivity index (χ1) is 16.2. The van der Waals surface area contributed by atoms with Crippen LogP contribution in [0.15, 0.2) is 0 Å². The molecule has 2 aliphatic rings. The molecule has 0 spiro atoms. The Bertz CT molecular complexity index is 770. The minimum atomic E-state index is -2.67. The zero-order valence-corrected chi connectivity index (χ0v) is 18.9. The Labute approximate surface area is 199 Å². The van der Waals surface area contributed by atoms with Crippen molar-refractivity contribution in [2.24, 2.45) is 0 Å². The molecule has 202 valence electrons. The molecule has 0 aliphatic carbocycles. The van der Waals surface area contributed by atoms with Crippen molar-refractivity contribution >= 4 is 17.8 Å². The number of nitrogens with one attached hydrogen (secondary N) is 2. The quantitative estimate of drug-likeness (QED) is 0.138. The van der Waals surface area contributed by atoms with Crippen LogP contribution >= 0.6 is 0 Å². The molecule has 2 amide bonds. The first kappa shape index (κ1) is 29.2. The monoisotopic (exact) mass is 512 g/mol. The number of aliphatic hydroxyl groups excluding tert-OH is 7. The van der Waals surface area contributed by atoms with Gasteiger partial charge in [0.1, 0.15) is 42.7 Å². The number of carboxylic acids is 1. The number of hydrogen-bond acceptors (Lipinski definition) is 13. The highest BCUT2D eigenvalue weighted by Gasteiger charge is 2.57. The van der Waals surface area contributed by atoms with Crippen molar-refractivity contribution in [3.05, 3.63) is 0 Å². The third-order valence-corrected chi connectivity index (χ3v) is 5.77. The highest BCUT2D eigenvalue weighted by molar-refractivity contribution is 5.78. The van der Waals surface area contributed by atoms with Gasteiger partial charge in [-0.1, -0.05) is 0 Å². The van der Waals surface area contributed by atoms with Crippen LogP contribution in [0.4, 0.5) is 0 Å². The summed E-state index contributed by atoms with van der Waals surface area (Å²) in [6, 6.07) is -2.51. The Kier molecular flexibility index (Phi) is 9.88. The number of carboxylic acid groups (broad SMARTS) is 1. The molecule has 0 saturated carbocycles. The second-order valence-corrected chi connectivity index (χ2v) is 8.47. The lowest BCUT2D eigenvalue weighted by atomic mass is 9.86. The lowest BCUT2D eigenvalue weighted by Gasteiger charge is -2.48. The summed E-state index contributed by atoms with van der Waals surface area (Å²) < 4.78 is 15.9. The predicted molar refractivity (Wildman–Crippen MR) is 109 cm³/mol. The van der Waals surface area contributed by atoms with E-state index in [1.165, 1.54) is 0 Å². The van der Waals surface area contributed by atoms with E-state index in [2.05, 4.69) is 10.6 Å². The third-order valence-electron chi connectivity index (χ3n) is 5.77. The molecule has 2 saturated heterocycles. The molecule has 10 N–H and O–H groups in total. The van der Waals surface area contributed by atoms with Crippen LogP contribution in [0.3, 0.4) is 0 Å². The van der Waals surface area contributed by atoms with Crippen molar-refractivity contribution in [2.75, 3.05) is 13.2 Å². The minimum Gasteiger partial charge on any atom is -0.477 e. The fraction of sp³-hybridized carbons (Fsp3) is 0.842. The molecule has 35 heavy (non-hydrogen) atoms. The van der Waals surface area contributed by atoms with Gasteiger partial charge < -0.3 is 65.7 Å². The van der Waals surface area contributed by atoms with Crippen LogP contribution < -0.4 is 10.6 Å². The van der Waals surface area contributed by atoms with Crippen molar-refractivity contribution in [1.29, 1.82) is 0 Å². The Morgan fingerprint density at radius 1 is 1.03 bits per heavy atom. The van der Waals surface area contributed by atoms with Gasteiger partial charge in [0.15, 0.2) is 6.29 Å². The van der Waals surface area contributed by atoms with Crippen molar-refractivity contribution in [2.45, 2.75) is 87.2 Å². The maximum absolute atomic E-state index is 12.3. The van der Waals surface area contributed by atoms with Crippen molar-refractivity contribution in [3.8, 4) is 0 Å². The van der Waals surface area contributed by atoms with Crippen molar-refractivity contribution in [3.63, 3.8) is 0 Å². The second kappa shape index (κ2) is 11.8. The summed E-state index contributed by atoms with van der Waals surface area (Å²) in [6.07, 6.45) is -15.2. The summed E-state index contributed by atoms with van der Waals surface area (Å²) in [5.74, 6) is -5.73. The van der Waals surface area contributed by atoms with Gasteiger partial charge in [-0.05, 0) is 0 Å². The van der Waals surface area contributed by atoms with Crippen LogP contribution in [-0.2, 0) is 28.6 Å². The fourth-order valence-corrected chi connectivity index (χ4v) is 3.99. The maximum Gasteiger partial charge on any atom is 0.364 e. The SMILES string of the molecule is CC(=O)N[C@H]1[C@H]([C@H](O)[C@H](O)CO)OC(OC[C@H]2O[C@H](O)[C@H](O)[C@@H](O)[C@H]2O)(C(=O)O)C[C@@H]1NC(C)=O. The first-order valence-electron chi connectivity index (χ1n) is 10.7. The van der Waals surface area contributed by atoms with Gasteiger partial charge in [-0.25, -0.2) is 4.79 Å². The van der Waals surface area contributed by atoms with Crippen molar-refractivity contribution in [1.82, 2.24) is 10.6 Å². The fourth-order valence-electron chi connectivity index (χ4n) is 3.99. The number of amides is 2. The number of hydrogen-bond donors (Lipinski definition) is 10. The summed E-state index contributed by atoms with van der Waals surface area (Å²) in [5, 5.41) is 83.8. The number of carbonyl (C=O) groups excluding carboxylic acids is 2. The molecular weight excluding hydrogens is 480 g/mol. The second-order valence-electron chi connectivity index (χ2n) is 8.47. The minimum absolute atomic E-state index is 0.645. The third kappa shape index (κ3) is 6.62. The lowest BCUT2D eigenvalue weighted by Crippen LogP contribution is -2.71. The molecule has 11 atom stereocenters. The predicted octanol–water partition coefficient (Wildman–Crippen LogP) is -5.90. The molecule has 0 bridgehead atoms. The first-order valence-corrected chi connectivity index (χ1v) is 10.7. The summed E-state index contributed by atoms with van der Waals surface area (Å²) >= 11 is 0. The van der Waals surface area contributed by atoms with Gasteiger partial charge >= 0.3 is 5.97 Å². The van der Waals surface area contributed by atoms with Crippen LogP contribution in [0.1, 0.15) is 20.3 Å². The van der Waals surface area contributed by atoms with Gasteiger partial charge in [-0.2, -0.15) is 0 Å². The van der Waals surface area contributed by atoms with Crippen molar-refractivity contribution < 1.29 is 69.4 Å². The van der Waals surface area contributed by atoms with Gasteiger partial charge in [0.05, 0.1) is 25.3 Å². The molecule has 2 fully saturated rings. The molecule has 1 unspecified atom stereocenters. The standard InChI is InChI=1S/C19H32N2O14/c1-6(23)20-8-3-19(18(31)32,33-5-10-13(27)14(28)15(29)17(30)34-10)35-16(11(8)21-7(2)24)12(26)9(25)4-22/h8-17,22,25-30H,3-5H2,1-2H3,(H,20,23)(H,21,24)(H,31,32)/t8-,9+,10+,11+,12+,13-,14-,15+,16+,17-,19?/m0/s1. The smallest absolute Gasteiger partial charge is 0.364 e. The van der Waals surface area contributed by atoms with Gasteiger partial charge in [0.25, 0.3) is 5.79 Å². The summed E-state index contributed by atoms with van der Waals surface area (Å²) in [6.45, 7) is 0.439. The van der Waals surface area contributed by atoms with E-state index in [-0.39, 0.29) is 0 Å². The zero-order valence-electron chi connectivity index (χ0n) is 18.9. The number of carbonyl (C=O) groups is 3. The van der Waals surface area contributed by atoms with E-state index >= 15 is 0 Å². The van der Waals surface area contributed by atoms with E-state index in [1.807, 2.05) is 0 Å². The van der Waals surface area contributed by atoms with E-state index < -0.39 is 104 Å². The Balaban J connectivity index is 2.40. The molecule has 0 aromatic rings. The van der Waals surface area contributed by atoms with Crippen LogP contribution in [0, 0.1) is 0 Å². The Morgan fingerprint density at radius 3 is 2.14 bits per heavy atom. The van der Waals surface area contributed by atoms with Crippen LogP contribution in [0.5, 0.6) is 0 Å². The molecule has 0 radical (unpaired) electrons. The molecular formula is C19H32N2O14. The van der Waals surface area contributed by atoms with E-state index in [4.69, 9.17) is 14.2 Å². The maximum atomic E-state index is 12.3. The van der Waals surface area contributed by atoms with Crippen LogP contribution in [0.25, 0.3) is 0 Å². The van der Waals surface area contributed by atoms with Gasteiger partial charge in [0.2, 0.25) is 11.8 Å². The lowest BCUT2D eigenvalue weighted by molar-refractivity contribution is -0.328. The molecule has 0 aromatic carbocycles. The topological polar surface area (TPSA) is 265 Å². The number of rotatable bonds is 9. The van der Waals surface area contributed by atoms with E-state index in [1.54, 1.807) is 0 Å². The summed E-state index contributed by atoms with van der Waals surface area (Å²) in [4.78, 5) is 35.9. The average Bonchev–Trinajstić information content (AvgIpc) is 2.78. The average molecular weight is 512 g/mol. The van der Waals surface area contributed by atoms with Crippen LogP contribution in [-0.4, -0.2) is 139 Å². The Hall–Kier alpha value is -1.99. The molecule has 2 heterocycles. The van der Waals surface area contributed by atoms with E-state index in [0.29, 0.717) is 0 Å². The summed E-state index contributed by atoms with van der Waals surface area (Å²) in [7, 11) is 0. The van der Waals surface area contributed by atoms with Gasteiger partial charge in [-0.3, -0.25) is 9.59 Å². The van der Waals surface area contributed by atoms with Gasteiger partial charge in [0, 0.05) is 20.3 Å². The molecule has 2 rings (SSSR count). The largest absolute Gasteiger partial charge is 0.477 e. The number of ether oxygens (including phenoxy) is 3. The highest BCUT2D eigenvalue weighted by Crippen LogP contribution is 2.34.